The van der Waals surface area contributed by atoms with Crippen molar-refractivity contribution in [2.75, 3.05) is 26.7 Å². The average molecular weight is 301 g/mol. The lowest BCUT2D eigenvalue weighted by molar-refractivity contribution is -0.124. The van der Waals surface area contributed by atoms with Crippen LogP contribution in [0.1, 0.15) is 12.8 Å². The van der Waals surface area contributed by atoms with Crippen molar-refractivity contribution in [2.45, 2.75) is 18.9 Å². The summed E-state index contributed by atoms with van der Waals surface area (Å²) in [5.41, 5.74) is 0. The van der Waals surface area contributed by atoms with Crippen LogP contribution in [-0.2, 0) is 4.79 Å². The van der Waals surface area contributed by atoms with Gasteiger partial charge in [0, 0.05) is 6.04 Å². The molecule has 1 fully saturated rings. The van der Waals surface area contributed by atoms with E-state index in [2.05, 4.69) is 17.3 Å². The predicted molar refractivity (Wildman–Crippen MR) is 75.6 cm³/mol. The molecule has 1 amide bonds. The van der Waals surface area contributed by atoms with E-state index in [0.717, 1.165) is 32.0 Å². The van der Waals surface area contributed by atoms with Gasteiger partial charge >= 0.3 is 0 Å². The highest BCUT2D eigenvalue weighted by Gasteiger charge is 2.18. The molecule has 110 valence electrons. The minimum absolute atomic E-state index is 0.113. The monoisotopic (exact) mass is 300 g/mol. The van der Waals surface area contributed by atoms with Crippen molar-refractivity contribution in [3.05, 3.63) is 29.0 Å². The van der Waals surface area contributed by atoms with Gasteiger partial charge in [0.1, 0.15) is 11.6 Å². The lowest BCUT2D eigenvalue weighted by Gasteiger charge is -2.29. The first-order valence-electron chi connectivity index (χ1n) is 6.60. The molecule has 0 unspecified atom stereocenters. The Labute approximate surface area is 122 Å². The Balaban J connectivity index is 1.77. The summed E-state index contributed by atoms with van der Waals surface area (Å²) >= 11 is 5.82. The number of ether oxygens (including phenoxy) is 1. The molecule has 1 saturated heterocycles. The fourth-order valence-corrected chi connectivity index (χ4v) is 2.38. The smallest absolute Gasteiger partial charge is 0.258 e. The summed E-state index contributed by atoms with van der Waals surface area (Å²) in [7, 11) is 2.07. The van der Waals surface area contributed by atoms with Crippen molar-refractivity contribution in [1.29, 1.82) is 0 Å². The molecule has 0 radical (unpaired) electrons. The first kappa shape index (κ1) is 15.1. The topological polar surface area (TPSA) is 41.6 Å². The van der Waals surface area contributed by atoms with Gasteiger partial charge in [0.2, 0.25) is 0 Å². The SMILES string of the molecule is CN1CCC(NC(=O)COc2ccc(F)cc2Cl)CC1. The molecule has 1 aliphatic heterocycles. The van der Waals surface area contributed by atoms with E-state index in [0.29, 0.717) is 5.75 Å². The molecule has 0 aromatic heterocycles. The Morgan fingerprint density at radius 1 is 1.50 bits per heavy atom. The van der Waals surface area contributed by atoms with E-state index in [1.807, 2.05) is 0 Å². The molecule has 4 nitrogen and oxygen atoms in total. The number of piperidine rings is 1. The predicted octanol–water partition coefficient (Wildman–Crippen LogP) is 2.07. The molecular formula is C14H18ClFN2O2. The fourth-order valence-electron chi connectivity index (χ4n) is 2.16. The first-order chi connectivity index (χ1) is 9.54. The van der Waals surface area contributed by atoms with Crippen LogP contribution in [0.3, 0.4) is 0 Å². The Morgan fingerprint density at radius 2 is 2.20 bits per heavy atom. The van der Waals surface area contributed by atoms with Crippen molar-refractivity contribution >= 4 is 17.5 Å². The molecule has 1 N–H and O–H groups in total. The molecule has 6 heteroatoms. The number of halogens is 2. The van der Waals surface area contributed by atoms with Crippen LogP contribution in [0.25, 0.3) is 0 Å². The number of hydrogen-bond acceptors (Lipinski definition) is 3. The van der Waals surface area contributed by atoms with E-state index in [4.69, 9.17) is 16.3 Å². The van der Waals surface area contributed by atoms with Gasteiger partial charge in [0.15, 0.2) is 6.61 Å². The molecule has 20 heavy (non-hydrogen) atoms. The number of carbonyl (C=O) groups is 1. The van der Waals surface area contributed by atoms with E-state index < -0.39 is 5.82 Å². The van der Waals surface area contributed by atoms with Crippen molar-refractivity contribution < 1.29 is 13.9 Å². The maximum Gasteiger partial charge on any atom is 0.258 e. The molecule has 0 aliphatic carbocycles. The standard InChI is InChI=1S/C14H18ClFN2O2/c1-18-6-4-11(5-7-18)17-14(19)9-20-13-3-2-10(16)8-12(13)15/h2-3,8,11H,4-7,9H2,1H3,(H,17,19). The molecular weight excluding hydrogens is 283 g/mol. The van der Waals surface area contributed by atoms with Crippen LogP contribution in [0.5, 0.6) is 5.75 Å². The summed E-state index contributed by atoms with van der Waals surface area (Å²) in [5.74, 6) is -0.301. The molecule has 1 aromatic carbocycles. The highest BCUT2D eigenvalue weighted by atomic mass is 35.5. The quantitative estimate of drug-likeness (QED) is 0.925. The van der Waals surface area contributed by atoms with E-state index in [1.165, 1.54) is 12.1 Å². The number of carbonyl (C=O) groups excluding carboxylic acids is 1. The number of likely N-dealkylation sites (tertiary alicyclic amines) is 1. The summed E-state index contributed by atoms with van der Waals surface area (Å²) in [6.07, 6.45) is 1.89. The lowest BCUT2D eigenvalue weighted by Crippen LogP contribution is -2.44. The Hall–Kier alpha value is -1.33. The number of nitrogens with one attached hydrogen (secondary N) is 1. The Kier molecular flexibility index (Phi) is 5.20. The van der Waals surface area contributed by atoms with Gasteiger partial charge in [-0.2, -0.15) is 0 Å². The molecule has 0 spiro atoms. The summed E-state index contributed by atoms with van der Waals surface area (Å²) in [6, 6.07) is 4.02. The van der Waals surface area contributed by atoms with Gasteiger partial charge in [0.05, 0.1) is 5.02 Å². The molecule has 2 rings (SSSR count). The third kappa shape index (κ3) is 4.35. The van der Waals surface area contributed by atoms with Gasteiger partial charge in [-0.05, 0) is 51.2 Å². The molecule has 0 saturated carbocycles. The van der Waals surface area contributed by atoms with Gasteiger partial charge < -0.3 is 15.0 Å². The second kappa shape index (κ2) is 6.90. The molecule has 1 aromatic rings. The van der Waals surface area contributed by atoms with Gasteiger partial charge in [-0.1, -0.05) is 11.6 Å². The maximum absolute atomic E-state index is 12.9. The minimum Gasteiger partial charge on any atom is -0.482 e. The second-order valence-electron chi connectivity index (χ2n) is 5.01. The van der Waals surface area contributed by atoms with E-state index in [-0.39, 0.29) is 23.6 Å². The zero-order valence-corrected chi connectivity index (χ0v) is 12.1. The van der Waals surface area contributed by atoms with Crippen LogP contribution < -0.4 is 10.1 Å². The third-order valence-corrected chi connectivity index (χ3v) is 3.63. The number of amides is 1. The lowest BCUT2D eigenvalue weighted by atomic mass is 10.1. The van der Waals surface area contributed by atoms with Crippen molar-refractivity contribution in [1.82, 2.24) is 10.2 Å². The van der Waals surface area contributed by atoms with Crippen LogP contribution in [0.4, 0.5) is 4.39 Å². The maximum atomic E-state index is 12.9. The van der Waals surface area contributed by atoms with Crippen LogP contribution in [0, 0.1) is 5.82 Å². The van der Waals surface area contributed by atoms with Crippen LogP contribution in [0.2, 0.25) is 5.02 Å². The Bertz CT molecular complexity index is 476. The van der Waals surface area contributed by atoms with E-state index in [9.17, 15) is 9.18 Å². The fraction of sp³-hybridized carbons (Fsp3) is 0.500. The average Bonchev–Trinajstić information content (AvgIpc) is 2.40. The van der Waals surface area contributed by atoms with E-state index >= 15 is 0 Å². The largest absolute Gasteiger partial charge is 0.482 e. The second-order valence-corrected chi connectivity index (χ2v) is 5.42. The minimum atomic E-state index is -0.432. The van der Waals surface area contributed by atoms with Crippen LogP contribution in [-0.4, -0.2) is 43.6 Å². The van der Waals surface area contributed by atoms with E-state index in [1.54, 1.807) is 0 Å². The summed E-state index contributed by atoms with van der Waals surface area (Å²) in [4.78, 5) is 14.0. The summed E-state index contributed by atoms with van der Waals surface area (Å²) in [5, 5.41) is 3.10. The van der Waals surface area contributed by atoms with Crippen LogP contribution >= 0.6 is 11.6 Å². The normalized spacial score (nSPS) is 16.9. The van der Waals surface area contributed by atoms with Crippen molar-refractivity contribution in [3.63, 3.8) is 0 Å². The number of nitrogens with zero attached hydrogens (tertiary/aromatic N) is 1. The van der Waals surface area contributed by atoms with Gasteiger partial charge in [0.25, 0.3) is 5.91 Å². The highest BCUT2D eigenvalue weighted by Crippen LogP contribution is 2.24. The molecule has 1 aliphatic rings. The molecule has 0 atom stereocenters. The van der Waals surface area contributed by atoms with Gasteiger partial charge in [-0.15, -0.1) is 0 Å². The zero-order chi connectivity index (χ0) is 14.5. The third-order valence-electron chi connectivity index (χ3n) is 3.34. The summed E-state index contributed by atoms with van der Waals surface area (Å²) < 4.78 is 18.2. The van der Waals surface area contributed by atoms with Gasteiger partial charge in [-0.25, -0.2) is 4.39 Å². The highest BCUT2D eigenvalue weighted by molar-refractivity contribution is 6.32. The first-order valence-corrected chi connectivity index (χ1v) is 6.98. The zero-order valence-electron chi connectivity index (χ0n) is 11.4. The number of benzene rings is 1. The van der Waals surface area contributed by atoms with Crippen molar-refractivity contribution in [2.24, 2.45) is 0 Å². The van der Waals surface area contributed by atoms with Gasteiger partial charge in [-0.3, -0.25) is 4.79 Å². The summed E-state index contributed by atoms with van der Waals surface area (Å²) in [6.45, 7) is 1.85. The molecule has 1 heterocycles. The Morgan fingerprint density at radius 3 is 2.85 bits per heavy atom. The van der Waals surface area contributed by atoms with Crippen LogP contribution in [0.15, 0.2) is 18.2 Å². The number of rotatable bonds is 4. The molecule has 0 bridgehead atoms. The number of hydrogen-bond donors (Lipinski definition) is 1. The van der Waals surface area contributed by atoms with Crippen molar-refractivity contribution in [3.8, 4) is 5.75 Å².